The van der Waals surface area contributed by atoms with Gasteiger partial charge in [0.05, 0.1) is 23.4 Å². The van der Waals surface area contributed by atoms with Gasteiger partial charge in [0.1, 0.15) is 11.6 Å². The van der Waals surface area contributed by atoms with Gasteiger partial charge in [-0.2, -0.15) is 0 Å². The van der Waals surface area contributed by atoms with E-state index in [0.29, 0.717) is 21.5 Å². The number of halogens is 3. The van der Waals surface area contributed by atoms with Crippen LogP contribution < -0.4 is 10.1 Å². The van der Waals surface area contributed by atoms with Crippen molar-refractivity contribution in [2.45, 2.75) is 0 Å². The molecule has 0 radical (unpaired) electrons. The summed E-state index contributed by atoms with van der Waals surface area (Å²) in [4.78, 5) is 12.2. The van der Waals surface area contributed by atoms with Crippen molar-refractivity contribution in [1.82, 2.24) is 0 Å². The van der Waals surface area contributed by atoms with Crippen LogP contribution in [0.2, 0.25) is 5.02 Å². The summed E-state index contributed by atoms with van der Waals surface area (Å²) in [5.41, 5.74) is 0.672. The largest absolute Gasteiger partial charge is 0.496 e. The molecule has 0 aliphatic heterocycles. The van der Waals surface area contributed by atoms with Crippen LogP contribution in [-0.4, -0.2) is 13.0 Å². The van der Waals surface area contributed by atoms with Crippen LogP contribution in [0, 0.1) is 5.82 Å². The predicted molar refractivity (Wildman–Crippen MR) is 80.1 cm³/mol. The number of carbonyl (C=O) groups is 1. The molecule has 20 heavy (non-hydrogen) atoms. The van der Waals surface area contributed by atoms with Crippen LogP contribution >= 0.6 is 27.5 Å². The van der Waals surface area contributed by atoms with E-state index >= 15 is 0 Å². The summed E-state index contributed by atoms with van der Waals surface area (Å²) < 4.78 is 18.6. The van der Waals surface area contributed by atoms with Crippen LogP contribution in [0.15, 0.2) is 40.9 Å². The van der Waals surface area contributed by atoms with Crippen molar-refractivity contribution < 1.29 is 13.9 Å². The second-order valence-corrected chi connectivity index (χ2v) is 5.16. The highest BCUT2D eigenvalue weighted by atomic mass is 79.9. The number of anilines is 1. The molecule has 0 aromatic heterocycles. The zero-order chi connectivity index (χ0) is 14.7. The predicted octanol–water partition coefficient (Wildman–Crippen LogP) is 4.50. The van der Waals surface area contributed by atoms with Crippen molar-refractivity contribution in [3.05, 3.63) is 57.3 Å². The minimum Gasteiger partial charge on any atom is -0.496 e. The number of ether oxygens (including phenoxy) is 1. The van der Waals surface area contributed by atoms with E-state index in [0.717, 1.165) is 6.07 Å². The molecule has 2 rings (SSSR count). The van der Waals surface area contributed by atoms with Crippen molar-refractivity contribution in [2.75, 3.05) is 12.4 Å². The Morgan fingerprint density at radius 2 is 2.05 bits per heavy atom. The Kier molecular flexibility index (Phi) is 4.62. The first-order chi connectivity index (χ1) is 9.52. The zero-order valence-electron chi connectivity index (χ0n) is 10.4. The number of carbonyl (C=O) groups excluding carboxylic acids is 1. The van der Waals surface area contributed by atoms with Crippen molar-refractivity contribution >= 4 is 39.1 Å². The molecule has 2 aromatic rings. The van der Waals surface area contributed by atoms with Crippen LogP contribution in [0.4, 0.5) is 10.1 Å². The van der Waals surface area contributed by atoms with E-state index in [1.807, 2.05) is 0 Å². The highest BCUT2D eigenvalue weighted by molar-refractivity contribution is 9.10. The maximum Gasteiger partial charge on any atom is 0.259 e. The van der Waals surface area contributed by atoms with Crippen molar-refractivity contribution in [3.63, 3.8) is 0 Å². The molecule has 3 nitrogen and oxygen atoms in total. The van der Waals surface area contributed by atoms with Gasteiger partial charge in [0, 0.05) is 4.47 Å². The molecule has 0 fully saturated rings. The molecule has 0 heterocycles. The molecule has 0 bridgehead atoms. The summed E-state index contributed by atoms with van der Waals surface area (Å²) in [6, 6.07) is 9.14. The number of nitrogens with one attached hydrogen (secondary N) is 1. The molecule has 0 aliphatic carbocycles. The molecule has 1 N–H and O–H groups in total. The topological polar surface area (TPSA) is 38.3 Å². The molecule has 0 spiro atoms. The lowest BCUT2D eigenvalue weighted by molar-refractivity contribution is 0.102. The van der Waals surface area contributed by atoms with Gasteiger partial charge in [0.15, 0.2) is 0 Å². The van der Waals surface area contributed by atoms with Crippen molar-refractivity contribution in [1.29, 1.82) is 0 Å². The normalized spacial score (nSPS) is 10.2. The summed E-state index contributed by atoms with van der Waals surface area (Å²) in [6.07, 6.45) is 0. The number of hydrogen-bond acceptors (Lipinski definition) is 2. The Balaban J connectivity index is 2.33. The molecular weight excluding hydrogens is 349 g/mol. The summed E-state index contributed by atoms with van der Waals surface area (Å²) in [7, 11) is 1.48. The summed E-state index contributed by atoms with van der Waals surface area (Å²) in [5, 5.41) is 2.74. The van der Waals surface area contributed by atoms with E-state index in [9.17, 15) is 9.18 Å². The van der Waals surface area contributed by atoms with Crippen molar-refractivity contribution in [2.24, 2.45) is 0 Å². The Hall–Kier alpha value is -1.59. The lowest BCUT2D eigenvalue weighted by Gasteiger charge is -2.11. The molecule has 0 saturated carbocycles. The Morgan fingerprint density at radius 1 is 1.35 bits per heavy atom. The molecule has 104 valence electrons. The van der Waals surface area contributed by atoms with Crippen LogP contribution in [0.1, 0.15) is 10.4 Å². The molecule has 0 aliphatic rings. The number of para-hydroxylation sites is 1. The third-order valence-corrected chi connectivity index (χ3v) is 3.52. The van der Waals surface area contributed by atoms with E-state index in [2.05, 4.69) is 21.2 Å². The van der Waals surface area contributed by atoms with Gasteiger partial charge in [-0.25, -0.2) is 4.39 Å². The number of methoxy groups -OCH3 is 1. The first-order valence-electron chi connectivity index (χ1n) is 5.62. The average molecular weight is 359 g/mol. The van der Waals surface area contributed by atoms with E-state index in [4.69, 9.17) is 16.3 Å². The third-order valence-electron chi connectivity index (χ3n) is 2.60. The Bertz CT molecular complexity index is 640. The van der Waals surface area contributed by atoms with E-state index in [-0.39, 0.29) is 5.02 Å². The van der Waals surface area contributed by atoms with Gasteiger partial charge in [0.25, 0.3) is 5.91 Å². The number of hydrogen-bond donors (Lipinski definition) is 1. The second kappa shape index (κ2) is 6.24. The lowest BCUT2D eigenvalue weighted by atomic mass is 10.2. The maximum atomic E-state index is 13.1. The molecular formula is C14H10BrClFNO2. The van der Waals surface area contributed by atoms with Crippen LogP contribution in [0.3, 0.4) is 0 Å². The smallest absolute Gasteiger partial charge is 0.259 e. The maximum absolute atomic E-state index is 13.1. The molecule has 0 atom stereocenters. The molecule has 0 unspecified atom stereocenters. The number of amides is 1. The SMILES string of the molecule is COc1ccccc1C(=O)Nc1c(Cl)cc(F)cc1Br. The summed E-state index contributed by atoms with van der Waals surface area (Å²) >= 11 is 9.09. The first-order valence-corrected chi connectivity index (χ1v) is 6.79. The first kappa shape index (κ1) is 14.8. The fraction of sp³-hybridized carbons (Fsp3) is 0.0714. The minimum absolute atomic E-state index is 0.111. The minimum atomic E-state index is -0.489. The van der Waals surface area contributed by atoms with Crippen LogP contribution in [0.25, 0.3) is 0 Å². The zero-order valence-corrected chi connectivity index (χ0v) is 12.8. The molecule has 1 amide bonds. The van der Waals surface area contributed by atoms with Gasteiger partial charge >= 0.3 is 0 Å². The summed E-state index contributed by atoms with van der Waals surface area (Å²) in [6.45, 7) is 0. The highest BCUT2D eigenvalue weighted by Gasteiger charge is 2.15. The average Bonchev–Trinajstić information content (AvgIpc) is 2.42. The number of rotatable bonds is 3. The van der Waals surface area contributed by atoms with Gasteiger partial charge in [-0.1, -0.05) is 23.7 Å². The second-order valence-electron chi connectivity index (χ2n) is 3.90. The molecule has 2 aromatic carbocycles. The highest BCUT2D eigenvalue weighted by Crippen LogP contribution is 2.32. The molecule has 6 heteroatoms. The Morgan fingerprint density at radius 3 is 2.70 bits per heavy atom. The number of benzene rings is 2. The van der Waals surface area contributed by atoms with Gasteiger partial charge < -0.3 is 10.1 Å². The fourth-order valence-corrected chi connectivity index (χ4v) is 2.57. The standard InChI is InChI=1S/C14H10BrClFNO2/c1-20-12-5-3-2-4-9(12)14(19)18-13-10(15)6-8(17)7-11(13)16/h2-7H,1H3,(H,18,19). The fourth-order valence-electron chi connectivity index (χ4n) is 1.67. The quantitative estimate of drug-likeness (QED) is 0.877. The van der Waals surface area contributed by atoms with Crippen LogP contribution in [0.5, 0.6) is 5.75 Å². The van der Waals surface area contributed by atoms with Gasteiger partial charge in [-0.3, -0.25) is 4.79 Å². The Labute approximate surface area is 128 Å². The van der Waals surface area contributed by atoms with Gasteiger partial charge in [-0.15, -0.1) is 0 Å². The summed E-state index contributed by atoms with van der Waals surface area (Å²) in [5.74, 6) is -0.437. The monoisotopic (exact) mass is 357 g/mol. The molecule has 0 saturated heterocycles. The van der Waals surface area contributed by atoms with E-state index in [1.54, 1.807) is 24.3 Å². The lowest BCUT2D eigenvalue weighted by Crippen LogP contribution is -2.14. The van der Waals surface area contributed by atoms with Crippen molar-refractivity contribution in [3.8, 4) is 5.75 Å². The van der Waals surface area contributed by atoms with E-state index < -0.39 is 11.7 Å². The van der Waals surface area contributed by atoms with Crippen LogP contribution in [-0.2, 0) is 0 Å². The van der Waals surface area contributed by atoms with Gasteiger partial charge in [-0.05, 0) is 40.2 Å². The third kappa shape index (κ3) is 3.11. The van der Waals surface area contributed by atoms with Gasteiger partial charge in [0.2, 0.25) is 0 Å². The van der Waals surface area contributed by atoms with E-state index in [1.165, 1.54) is 13.2 Å².